The summed E-state index contributed by atoms with van der Waals surface area (Å²) in [5, 5.41) is 0. The standard InChI is InChI=1S/C16H12O6S3/c17-24(18,19)13-5-1-11(2-6-13)15-9-10-16(23-15)12-3-7-14(8-4-12)25(20,21)22/h1-10H,(H,17,18,19)(H,20,21,22). The highest BCUT2D eigenvalue weighted by Gasteiger charge is 2.12. The summed E-state index contributed by atoms with van der Waals surface area (Å²) in [6.07, 6.45) is 0. The van der Waals surface area contributed by atoms with Crippen LogP contribution in [0.1, 0.15) is 0 Å². The lowest BCUT2D eigenvalue weighted by atomic mass is 10.1. The summed E-state index contributed by atoms with van der Waals surface area (Å²) in [7, 11) is -8.44. The SMILES string of the molecule is O=S(=O)(O)c1ccc(-c2ccc(-c3ccc(S(=O)(=O)O)cc3)s2)cc1. The predicted octanol–water partition coefficient (Wildman–Crippen LogP) is 3.58. The van der Waals surface area contributed by atoms with Gasteiger partial charge in [-0.15, -0.1) is 11.3 Å². The summed E-state index contributed by atoms with van der Waals surface area (Å²) in [4.78, 5) is 1.43. The molecule has 2 N–H and O–H groups in total. The Morgan fingerprint density at radius 3 is 1.16 bits per heavy atom. The monoisotopic (exact) mass is 396 g/mol. The van der Waals surface area contributed by atoms with Crippen molar-refractivity contribution < 1.29 is 25.9 Å². The highest BCUT2D eigenvalue weighted by molar-refractivity contribution is 7.86. The summed E-state index contributed by atoms with van der Waals surface area (Å²) >= 11 is 1.44. The van der Waals surface area contributed by atoms with Gasteiger partial charge in [0.1, 0.15) is 0 Å². The van der Waals surface area contributed by atoms with Gasteiger partial charge in [-0.2, -0.15) is 16.8 Å². The fraction of sp³-hybridized carbons (Fsp3) is 0. The van der Waals surface area contributed by atoms with Gasteiger partial charge < -0.3 is 0 Å². The van der Waals surface area contributed by atoms with Crippen molar-refractivity contribution in [1.82, 2.24) is 0 Å². The van der Waals surface area contributed by atoms with Crippen LogP contribution in [0.2, 0.25) is 0 Å². The summed E-state index contributed by atoms with van der Waals surface area (Å²) < 4.78 is 62.3. The third kappa shape index (κ3) is 3.97. The average molecular weight is 396 g/mol. The van der Waals surface area contributed by atoms with Gasteiger partial charge in [0, 0.05) is 9.75 Å². The van der Waals surface area contributed by atoms with Crippen molar-refractivity contribution in [3.63, 3.8) is 0 Å². The van der Waals surface area contributed by atoms with Crippen molar-refractivity contribution in [2.24, 2.45) is 0 Å². The van der Waals surface area contributed by atoms with Crippen LogP contribution in [-0.4, -0.2) is 25.9 Å². The van der Waals surface area contributed by atoms with Gasteiger partial charge in [-0.25, -0.2) is 0 Å². The Morgan fingerprint density at radius 1 is 0.560 bits per heavy atom. The fourth-order valence-electron chi connectivity index (χ4n) is 2.23. The highest BCUT2D eigenvalue weighted by Crippen LogP contribution is 2.35. The lowest BCUT2D eigenvalue weighted by Crippen LogP contribution is -1.96. The minimum absolute atomic E-state index is 0.172. The zero-order valence-corrected chi connectivity index (χ0v) is 15.0. The molecular formula is C16H12O6S3. The first-order chi connectivity index (χ1) is 11.6. The molecule has 0 aliphatic carbocycles. The van der Waals surface area contributed by atoms with Crippen molar-refractivity contribution in [3.05, 3.63) is 60.7 Å². The van der Waals surface area contributed by atoms with Crippen LogP contribution in [0.15, 0.2) is 70.5 Å². The van der Waals surface area contributed by atoms with Crippen molar-refractivity contribution >= 4 is 31.6 Å². The van der Waals surface area contributed by atoms with Gasteiger partial charge in [-0.05, 0) is 47.5 Å². The molecule has 0 aliphatic rings. The van der Waals surface area contributed by atoms with Crippen LogP contribution in [0.4, 0.5) is 0 Å². The van der Waals surface area contributed by atoms with Crippen LogP contribution in [0, 0.1) is 0 Å². The van der Waals surface area contributed by atoms with Crippen LogP contribution < -0.4 is 0 Å². The summed E-state index contributed by atoms with van der Waals surface area (Å²) in [5.74, 6) is 0. The van der Waals surface area contributed by atoms with Crippen LogP contribution >= 0.6 is 11.3 Å². The Hall–Kier alpha value is -2.04. The molecule has 0 amide bonds. The second-order valence-corrected chi connectivity index (χ2v) is 9.09. The summed E-state index contributed by atoms with van der Waals surface area (Å²) in [6.45, 7) is 0. The molecule has 0 fully saturated rings. The van der Waals surface area contributed by atoms with Crippen molar-refractivity contribution in [2.45, 2.75) is 9.79 Å². The number of hydrogen-bond acceptors (Lipinski definition) is 5. The number of benzene rings is 2. The molecule has 130 valence electrons. The van der Waals surface area contributed by atoms with E-state index in [0.29, 0.717) is 0 Å². The van der Waals surface area contributed by atoms with Gasteiger partial charge in [0.2, 0.25) is 0 Å². The first-order valence-corrected chi connectivity index (χ1v) is 10.6. The summed E-state index contributed by atoms with van der Waals surface area (Å²) in [6, 6.07) is 15.4. The molecule has 0 saturated heterocycles. The lowest BCUT2D eigenvalue weighted by Gasteiger charge is -2.01. The largest absolute Gasteiger partial charge is 0.294 e. The Kier molecular flexibility index (Phi) is 4.52. The zero-order chi connectivity index (χ0) is 18.2. The van der Waals surface area contributed by atoms with Gasteiger partial charge in [0.05, 0.1) is 9.79 Å². The van der Waals surface area contributed by atoms with E-state index in [0.717, 1.165) is 20.9 Å². The second-order valence-electron chi connectivity index (χ2n) is 5.16. The molecule has 3 aromatic rings. The minimum atomic E-state index is -4.22. The van der Waals surface area contributed by atoms with Gasteiger partial charge in [-0.1, -0.05) is 24.3 Å². The van der Waals surface area contributed by atoms with E-state index in [2.05, 4.69) is 0 Å². The van der Waals surface area contributed by atoms with Gasteiger partial charge in [-0.3, -0.25) is 9.11 Å². The smallest absolute Gasteiger partial charge is 0.282 e. The topological polar surface area (TPSA) is 109 Å². The Balaban J connectivity index is 1.90. The minimum Gasteiger partial charge on any atom is -0.282 e. The van der Waals surface area contributed by atoms with E-state index in [4.69, 9.17) is 9.11 Å². The Labute approximate surface area is 148 Å². The zero-order valence-electron chi connectivity index (χ0n) is 12.5. The van der Waals surface area contributed by atoms with Crippen LogP contribution in [0.3, 0.4) is 0 Å². The fourth-order valence-corrected chi connectivity index (χ4v) is 4.21. The van der Waals surface area contributed by atoms with E-state index in [1.807, 2.05) is 12.1 Å². The maximum atomic E-state index is 11.1. The molecule has 0 atom stereocenters. The molecule has 0 aliphatic heterocycles. The molecule has 2 aromatic carbocycles. The Morgan fingerprint density at radius 2 is 0.880 bits per heavy atom. The molecule has 0 saturated carbocycles. The summed E-state index contributed by atoms with van der Waals surface area (Å²) in [5.41, 5.74) is 1.58. The molecule has 1 aromatic heterocycles. The molecule has 6 nitrogen and oxygen atoms in total. The predicted molar refractivity (Wildman–Crippen MR) is 94.8 cm³/mol. The van der Waals surface area contributed by atoms with Crippen molar-refractivity contribution in [1.29, 1.82) is 0 Å². The molecule has 0 spiro atoms. The molecule has 9 heteroatoms. The normalized spacial score (nSPS) is 12.2. The number of thiophene rings is 1. The number of rotatable bonds is 4. The van der Waals surface area contributed by atoms with Gasteiger partial charge >= 0.3 is 0 Å². The second kappa shape index (κ2) is 6.36. The highest BCUT2D eigenvalue weighted by atomic mass is 32.2. The van der Waals surface area contributed by atoms with Gasteiger partial charge in [0.15, 0.2) is 0 Å². The van der Waals surface area contributed by atoms with E-state index in [1.165, 1.54) is 35.6 Å². The lowest BCUT2D eigenvalue weighted by molar-refractivity contribution is 0.481. The van der Waals surface area contributed by atoms with Gasteiger partial charge in [0.25, 0.3) is 20.2 Å². The molecule has 1 heterocycles. The van der Waals surface area contributed by atoms with E-state index in [1.54, 1.807) is 24.3 Å². The maximum absolute atomic E-state index is 11.1. The Bertz CT molecular complexity index is 1020. The van der Waals surface area contributed by atoms with E-state index in [9.17, 15) is 16.8 Å². The maximum Gasteiger partial charge on any atom is 0.294 e. The third-order valence-electron chi connectivity index (χ3n) is 3.48. The molecule has 0 unspecified atom stereocenters. The third-order valence-corrected chi connectivity index (χ3v) is 6.40. The van der Waals surface area contributed by atoms with Crippen LogP contribution in [0.5, 0.6) is 0 Å². The van der Waals surface area contributed by atoms with Crippen molar-refractivity contribution in [2.75, 3.05) is 0 Å². The molecule has 3 rings (SSSR count). The van der Waals surface area contributed by atoms with E-state index < -0.39 is 20.2 Å². The van der Waals surface area contributed by atoms with E-state index >= 15 is 0 Å². The van der Waals surface area contributed by atoms with Crippen LogP contribution in [0.25, 0.3) is 20.9 Å². The molecule has 25 heavy (non-hydrogen) atoms. The quantitative estimate of drug-likeness (QED) is 0.653. The van der Waals surface area contributed by atoms with E-state index in [-0.39, 0.29) is 9.79 Å². The molecular weight excluding hydrogens is 384 g/mol. The first kappa shape index (κ1) is 17.8. The van der Waals surface area contributed by atoms with Crippen molar-refractivity contribution in [3.8, 4) is 20.9 Å². The first-order valence-electron chi connectivity index (χ1n) is 6.90. The van der Waals surface area contributed by atoms with Crippen LogP contribution in [-0.2, 0) is 20.2 Å². The molecule has 0 bridgehead atoms. The molecule has 0 radical (unpaired) electrons. The number of hydrogen-bond donors (Lipinski definition) is 2. The average Bonchev–Trinajstić information content (AvgIpc) is 3.03.